The molecule has 0 saturated carbocycles. The fourth-order valence-corrected chi connectivity index (χ4v) is 2.63. The molecule has 4 aromatic rings. The van der Waals surface area contributed by atoms with Crippen LogP contribution in [0.4, 0.5) is 0 Å². The Balaban J connectivity index is 1.91. The molecule has 5 nitrogen and oxygen atoms in total. The molecule has 0 radical (unpaired) electrons. The molecule has 6 heteroatoms. The summed E-state index contributed by atoms with van der Waals surface area (Å²) in [5, 5.41) is 8.63. The van der Waals surface area contributed by atoms with Crippen LogP contribution in [0.5, 0.6) is 0 Å². The van der Waals surface area contributed by atoms with Crippen LogP contribution in [0.15, 0.2) is 61.1 Å². The van der Waals surface area contributed by atoms with Crippen molar-refractivity contribution in [2.75, 3.05) is 0 Å². The number of aromatic nitrogens is 5. The summed E-state index contributed by atoms with van der Waals surface area (Å²) in [6.45, 7) is 0.600. The normalized spacial score (nSPS) is 11.1. The Morgan fingerprint density at radius 3 is 2.64 bits per heavy atom. The molecule has 0 aliphatic rings. The molecule has 0 amide bonds. The third kappa shape index (κ3) is 2.25. The Bertz CT molecular complexity index is 910. The lowest BCUT2D eigenvalue weighted by Gasteiger charge is -2.05. The van der Waals surface area contributed by atoms with Gasteiger partial charge in [-0.2, -0.15) is 0 Å². The molecule has 0 spiro atoms. The van der Waals surface area contributed by atoms with Crippen LogP contribution in [-0.2, 0) is 6.54 Å². The molecule has 22 heavy (non-hydrogen) atoms. The molecular formula is C16H12ClN5. The molecule has 0 atom stereocenters. The van der Waals surface area contributed by atoms with Gasteiger partial charge in [-0.1, -0.05) is 35.0 Å². The van der Waals surface area contributed by atoms with Crippen molar-refractivity contribution in [3.8, 4) is 11.3 Å². The van der Waals surface area contributed by atoms with Gasteiger partial charge in [-0.3, -0.25) is 0 Å². The number of pyridine rings is 1. The summed E-state index contributed by atoms with van der Waals surface area (Å²) in [6.07, 6.45) is 5.52. The summed E-state index contributed by atoms with van der Waals surface area (Å²) in [5.41, 5.74) is 3.92. The van der Waals surface area contributed by atoms with Crippen LogP contribution in [0, 0.1) is 0 Å². The molecule has 1 aromatic carbocycles. The summed E-state index contributed by atoms with van der Waals surface area (Å²) in [6, 6.07) is 13.7. The van der Waals surface area contributed by atoms with E-state index in [1.807, 2.05) is 54.9 Å². The number of hydrogen-bond acceptors (Lipinski definition) is 3. The summed E-state index contributed by atoms with van der Waals surface area (Å²) in [5.74, 6) is 0. The van der Waals surface area contributed by atoms with Crippen LogP contribution in [0.25, 0.3) is 16.9 Å². The predicted molar refractivity (Wildman–Crippen MR) is 84.8 cm³/mol. The Hall–Kier alpha value is -2.66. The van der Waals surface area contributed by atoms with E-state index in [1.54, 1.807) is 10.9 Å². The third-order valence-corrected chi connectivity index (χ3v) is 3.78. The van der Waals surface area contributed by atoms with Gasteiger partial charge in [0.15, 0.2) is 0 Å². The largest absolute Gasteiger partial charge is 0.302 e. The molecule has 0 aliphatic carbocycles. The quantitative estimate of drug-likeness (QED) is 0.583. The van der Waals surface area contributed by atoms with Gasteiger partial charge >= 0.3 is 0 Å². The Labute approximate surface area is 131 Å². The fourth-order valence-electron chi connectivity index (χ4n) is 2.51. The lowest BCUT2D eigenvalue weighted by molar-refractivity contribution is 0.636. The van der Waals surface area contributed by atoms with Crippen molar-refractivity contribution in [3.63, 3.8) is 0 Å². The summed E-state index contributed by atoms with van der Waals surface area (Å²) < 4.78 is 3.86. The number of hydrogen-bond donors (Lipinski definition) is 0. The van der Waals surface area contributed by atoms with Crippen LogP contribution < -0.4 is 0 Å². The summed E-state index contributed by atoms with van der Waals surface area (Å²) in [7, 11) is 0. The molecule has 3 aromatic heterocycles. The molecule has 0 aliphatic heterocycles. The first kappa shape index (κ1) is 13.0. The Morgan fingerprint density at radius 1 is 1.00 bits per heavy atom. The zero-order valence-electron chi connectivity index (χ0n) is 11.6. The molecule has 4 rings (SSSR count). The maximum atomic E-state index is 5.98. The minimum absolute atomic E-state index is 0.600. The van der Waals surface area contributed by atoms with E-state index in [0.29, 0.717) is 11.6 Å². The van der Waals surface area contributed by atoms with Crippen LogP contribution >= 0.6 is 11.6 Å². The maximum Gasteiger partial charge on any atom is 0.137 e. The summed E-state index contributed by atoms with van der Waals surface area (Å²) >= 11 is 5.98. The monoisotopic (exact) mass is 309 g/mol. The second-order valence-corrected chi connectivity index (χ2v) is 5.38. The Kier molecular flexibility index (Phi) is 3.12. The highest BCUT2D eigenvalue weighted by molar-refractivity contribution is 6.30. The number of imidazole rings is 1. The first-order chi connectivity index (χ1) is 10.8. The number of benzene rings is 1. The van der Waals surface area contributed by atoms with Crippen LogP contribution in [0.1, 0.15) is 5.69 Å². The highest BCUT2D eigenvalue weighted by Crippen LogP contribution is 2.26. The number of fused-ring (bicyclic) bond motifs is 1. The van der Waals surface area contributed by atoms with Crippen LogP contribution in [-0.4, -0.2) is 24.4 Å². The van der Waals surface area contributed by atoms with Crippen molar-refractivity contribution >= 4 is 17.2 Å². The van der Waals surface area contributed by atoms with Crippen LogP contribution in [0.2, 0.25) is 5.02 Å². The van der Waals surface area contributed by atoms with E-state index >= 15 is 0 Å². The van der Waals surface area contributed by atoms with Crippen molar-refractivity contribution in [2.24, 2.45) is 0 Å². The van der Waals surface area contributed by atoms with E-state index in [4.69, 9.17) is 16.6 Å². The van der Waals surface area contributed by atoms with Gasteiger partial charge < -0.3 is 4.40 Å². The Morgan fingerprint density at radius 2 is 1.86 bits per heavy atom. The van der Waals surface area contributed by atoms with Gasteiger partial charge in [0.2, 0.25) is 0 Å². The van der Waals surface area contributed by atoms with E-state index in [0.717, 1.165) is 22.6 Å². The van der Waals surface area contributed by atoms with Crippen molar-refractivity contribution < 1.29 is 0 Å². The second-order valence-electron chi connectivity index (χ2n) is 4.94. The smallest absolute Gasteiger partial charge is 0.137 e. The zero-order valence-corrected chi connectivity index (χ0v) is 12.4. The minimum atomic E-state index is 0.600. The number of halogens is 1. The molecular weight excluding hydrogens is 298 g/mol. The minimum Gasteiger partial charge on any atom is -0.302 e. The fraction of sp³-hybridized carbons (Fsp3) is 0.0625. The van der Waals surface area contributed by atoms with Gasteiger partial charge in [0.25, 0.3) is 0 Å². The van der Waals surface area contributed by atoms with Gasteiger partial charge in [-0.25, -0.2) is 9.67 Å². The van der Waals surface area contributed by atoms with E-state index in [9.17, 15) is 0 Å². The lowest BCUT2D eigenvalue weighted by atomic mass is 10.1. The van der Waals surface area contributed by atoms with Crippen molar-refractivity contribution in [1.82, 2.24) is 24.4 Å². The molecule has 3 heterocycles. The van der Waals surface area contributed by atoms with Gasteiger partial charge in [0.1, 0.15) is 5.65 Å². The van der Waals surface area contributed by atoms with Crippen LogP contribution in [0.3, 0.4) is 0 Å². The van der Waals surface area contributed by atoms with Gasteiger partial charge in [-0.15, -0.1) is 5.10 Å². The second kappa shape index (κ2) is 5.27. The summed E-state index contributed by atoms with van der Waals surface area (Å²) in [4.78, 5) is 4.75. The predicted octanol–water partition coefficient (Wildman–Crippen LogP) is 3.29. The SMILES string of the molecule is Clc1ccc(-c2nc3ccccn3c2Cn2ccnn2)cc1. The van der Waals surface area contributed by atoms with Gasteiger partial charge in [0, 0.05) is 23.0 Å². The molecule has 0 saturated heterocycles. The van der Waals surface area contributed by atoms with E-state index in [2.05, 4.69) is 14.7 Å². The molecule has 0 N–H and O–H groups in total. The first-order valence-electron chi connectivity index (χ1n) is 6.87. The van der Waals surface area contributed by atoms with E-state index in [-0.39, 0.29) is 0 Å². The van der Waals surface area contributed by atoms with E-state index < -0.39 is 0 Å². The van der Waals surface area contributed by atoms with Crippen molar-refractivity contribution in [2.45, 2.75) is 6.54 Å². The molecule has 0 bridgehead atoms. The average molecular weight is 310 g/mol. The lowest BCUT2D eigenvalue weighted by Crippen LogP contribution is -2.05. The van der Waals surface area contributed by atoms with Gasteiger partial charge in [0.05, 0.1) is 24.1 Å². The highest BCUT2D eigenvalue weighted by atomic mass is 35.5. The first-order valence-corrected chi connectivity index (χ1v) is 7.25. The highest BCUT2D eigenvalue weighted by Gasteiger charge is 2.14. The van der Waals surface area contributed by atoms with Crippen molar-refractivity contribution in [1.29, 1.82) is 0 Å². The standard InChI is InChI=1S/C16H12ClN5/c17-13-6-4-12(5-7-13)16-14(11-21-10-8-18-20-21)22-9-2-1-3-15(22)19-16/h1-10H,11H2. The molecule has 0 fully saturated rings. The number of nitrogens with zero attached hydrogens (tertiary/aromatic N) is 5. The number of rotatable bonds is 3. The molecule has 0 unspecified atom stereocenters. The zero-order chi connectivity index (χ0) is 14.9. The maximum absolute atomic E-state index is 5.98. The van der Waals surface area contributed by atoms with E-state index in [1.165, 1.54) is 0 Å². The van der Waals surface area contributed by atoms with Crippen molar-refractivity contribution in [3.05, 3.63) is 71.8 Å². The topological polar surface area (TPSA) is 48.0 Å². The third-order valence-electron chi connectivity index (χ3n) is 3.53. The van der Waals surface area contributed by atoms with Gasteiger partial charge in [-0.05, 0) is 24.3 Å². The molecule has 108 valence electrons. The average Bonchev–Trinajstić information content (AvgIpc) is 3.17.